The zero-order valence-corrected chi connectivity index (χ0v) is 16.7. The lowest BCUT2D eigenvalue weighted by Gasteiger charge is -2.22. The summed E-state index contributed by atoms with van der Waals surface area (Å²) in [5, 5.41) is 10.3. The number of rotatable bonds is 17. The molecule has 0 saturated heterocycles. The monoisotopic (exact) mass is 361 g/mol. The van der Waals surface area contributed by atoms with E-state index < -0.39 is 6.10 Å². The minimum absolute atomic E-state index is 0.206. The van der Waals surface area contributed by atoms with Crippen LogP contribution in [0.5, 0.6) is 0 Å². The second kappa shape index (κ2) is 15.9. The van der Waals surface area contributed by atoms with Crippen molar-refractivity contribution in [3.05, 3.63) is 43.0 Å². The molecule has 1 rings (SSSR count). The van der Waals surface area contributed by atoms with E-state index in [0.29, 0.717) is 6.42 Å². The average molecular weight is 362 g/mol. The van der Waals surface area contributed by atoms with E-state index in [2.05, 4.69) is 19.0 Å². The highest BCUT2D eigenvalue weighted by molar-refractivity contribution is 5.40. The fraction of sp³-hybridized carbons (Fsp3) is 0.652. The second-order valence-electron chi connectivity index (χ2n) is 7.19. The molecular weight excluding hydrogens is 322 g/mol. The third-order valence-corrected chi connectivity index (χ3v) is 4.78. The Balaban J connectivity index is 2.17. The highest BCUT2D eigenvalue weighted by atomic mass is 16.7. The van der Waals surface area contributed by atoms with Crippen LogP contribution in [-0.2, 0) is 4.84 Å². The molecule has 0 spiro atoms. The number of hydrogen-bond acceptors (Lipinski definition) is 3. The normalized spacial score (nSPS) is 13.3. The van der Waals surface area contributed by atoms with E-state index in [1.54, 1.807) is 6.08 Å². The van der Waals surface area contributed by atoms with Gasteiger partial charge in [-0.25, -0.2) is 0 Å². The van der Waals surface area contributed by atoms with Crippen LogP contribution in [0.3, 0.4) is 0 Å². The number of para-hydroxylation sites is 1. The first-order chi connectivity index (χ1) is 12.8. The van der Waals surface area contributed by atoms with Gasteiger partial charge in [-0.3, -0.25) is 10.3 Å². The zero-order valence-electron chi connectivity index (χ0n) is 16.7. The predicted molar refractivity (Wildman–Crippen MR) is 112 cm³/mol. The Morgan fingerprint density at radius 1 is 0.962 bits per heavy atom. The van der Waals surface area contributed by atoms with E-state index in [-0.39, 0.29) is 6.10 Å². The molecule has 0 bridgehead atoms. The summed E-state index contributed by atoms with van der Waals surface area (Å²) in [5.74, 6) is 0. The minimum Gasteiger partial charge on any atom is -0.390 e. The van der Waals surface area contributed by atoms with Crippen LogP contribution in [0.1, 0.15) is 84.0 Å². The van der Waals surface area contributed by atoms with E-state index >= 15 is 0 Å². The fourth-order valence-corrected chi connectivity index (χ4v) is 3.14. The first kappa shape index (κ1) is 22.7. The third-order valence-electron chi connectivity index (χ3n) is 4.78. The molecule has 0 aromatic heterocycles. The zero-order chi connectivity index (χ0) is 18.9. The second-order valence-corrected chi connectivity index (χ2v) is 7.19. The Morgan fingerprint density at radius 3 is 2.12 bits per heavy atom. The Hall–Kier alpha value is -1.32. The third kappa shape index (κ3) is 11.3. The van der Waals surface area contributed by atoms with E-state index in [9.17, 15) is 5.11 Å². The number of nitrogens with one attached hydrogen (secondary N) is 1. The molecule has 1 aromatic rings. The van der Waals surface area contributed by atoms with Crippen LogP contribution in [-0.4, -0.2) is 17.3 Å². The minimum atomic E-state index is -0.512. The van der Waals surface area contributed by atoms with Gasteiger partial charge >= 0.3 is 0 Å². The van der Waals surface area contributed by atoms with Crippen LogP contribution in [0, 0.1) is 0 Å². The summed E-state index contributed by atoms with van der Waals surface area (Å²) in [6, 6.07) is 9.81. The first-order valence-corrected chi connectivity index (χ1v) is 10.5. The smallest absolute Gasteiger partial charge is 0.111 e. The summed E-state index contributed by atoms with van der Waals surface area (Å²) in [5.41, 5.74) is 3.88. The van der Waals surface area contributed by atoms with E-state index in [4.69, 9.17) is 4.84 Å². The summed E-state index contributed by atoms with van der Waals surface area (Å²) in [6.45, 7) is 5.98. The van der Waals surface area contributed by atoms with Gasteiger partial charge < -0.3 is 5.11 Å². The van der Waals surface area contributed by atoms with Crippen LogP contribution in [0.25, 0.3) is 0 Å². The van der Waals surface area contributed by atoms with Gasteiger partial charge in [0.15, 0.2) is 0 Å². The van der Waals surface area contributed by atoms with Crippen molar-refractivity contribution in [2.75, 3.05) is 5.48 Å². The first-order valence-electron chi connectivity index (χ1n) is 10.5. The van der Waals surface area contributed by atoms with Gasteiger partial charge in [0, 0.05) is 0 Å². The summed E-state index contributed by atoms with van der Waals surface area (Å²) < 4.78 is 0. The lowest BCUT2D eigenvalue weighted by atomic mass is 10.0. The number of aliphatic hydroxyl groups is 1. The van der Waals surface area contributed by atoms with Gasteiger partial charge in [-0.2, -0.15) is 0 Å². The lowest BCUT2D eigenvalue weighted by Crippen LogP contribution is -2.30. The van der Waals surface area contributed by atoms with E-state index in [0.717, 1.165) is 18.5 Å². The number of aliphatic hydroxyl groups excluding tert-OH is 1. The molecule has 3 heteroatoms. The van der Waals surface area contributed by atoms with Crippen molar-refractivity contribution in [1.29, 1.82) is 0 Å². The maximum Gasteiger partial charge on any atom is 0.111 e. The molecular formula is C23H39NO2. The standard InChI is InChI=1S/C23H39NO2/c1-3-5-6-7-8-9-10-11-12-16-20-23(22(25)17-4-2)26-24-21-18-14-13-15-19-21/h4,13-15,18-19,22-25H,2-3,5-12,16-17,20H2,1H3/t22-,23-/m1/s1. The van der Waals surface area contributed by atoms with Crippen molar-refractivity contribution in [2.45, 2.75) is 96.2 Å². The van der Waals surface area contributed by atoms with Gasteiger partial charge in [-0.15, -0.1) is 6.58 Å². The number of hydrogen-bond donors (Lipinski definition) is 2. The van der Waals surface area contributed by atoms with Crippen LogP contribution in [0.15, 0.2) is 43.0 Å². The van der Waals surface area contributed by atoms with Crippen molar-refractivity contribution in [3.63, 3.8) is 0 Å². The molecule has 0 aliphatic carbocycles. The van der Waals surface area contributed by atoms with Crippen LogP contribution < -0.4 is 5.48 Å². The largest absolute Gasteiger partial charge is 0.390 e. The molecule has 3 nitrogen and oxygen atoms in total. The topological polar surface area (TPSA) is 41.5 Å². The molecule has 0 unspecified atom stereocenters. The predicted octanol–water partition coefficient (Wildman–Crippen LogP) is 6.65. The van der Waals surface area contributed by atoms with Gasteiger partial charge in [0.05, 0.1) is 11.8 Å². The summed E-state index contributed by atoms with van der Waals surface area (Å²) >= 11 is 0. The Bertz CT molecular complexity index is 435. The number of anilines is 1. The molecule has 0 aliphatic heterocycles. The van der Waals surface area contributed by atoms with E-state index in [1.165, 1.54) is 57.8 Å². The Labute approximate surface area is 160 Å². The summed E-state index contributed by atoms with van der Waals surface area (Å²) in [6.07, 6.45) is 15.6. The van der Waals surface area contributed by atoms with Gasteiger partial charge in [-0.1, -0.05) is 95.4 Å². The van der Waals surface area contributed by atoms with Crippen molar-refractivity contribution in [3.8, 4) is 0 Å². The highest BCUT2D eigenvalue weighted by Crippen LogP contribution is 2.17. The van der Waals surface area contributed by atoms with Crippen molar-refractivity contribution in [1.82, 2.24) is 0 Å². The maximum absolute atomic E-state index is 10.3. The van der Waals surface area contributed by atoms with Gasteiger partial charge in [0.1, 0.15) is 6.10 Å². The highest BCUT2D eigenvalue weighted by Gasteiger charge is 2.19. The van der Waals surface area contributed by atoms with Crippen LogP contribution in [0.4, 0.5) is 5.69 Å². The molecule has 26 heavy (non-hydrogen) atoms. The molecule has 0 amide bonds. The lowest BCUT2D eigenvalue weighted by molar-refractivity contribution is -0.0167. The Kier molecular flexibility index (Phi) is 13.9. The van der Waals surface area contributed by atoms with Crippen molar-refractivity contribution in [2.24, 2.45) is 0 Å². The molecule has 0 radical (unpaired) electrons. The molecule has 0 heterocycles. The molecule has 2 N–H and O–H groups in total. The SMILES string of the molecule is C=CC[C@@H](O)[C@@H](CCCCCCCCCCCC)ONc1ccccc1. The molecule has 0 aliphatic rings. The Morgan fingerprint density at radius 2 is 1.54 bits per heavy atom. The van der Waals surface area contributed by atoms with Gasteiger partial charge in [-0.05, 0) is 25.0 Å². The van der Waals surface area contributed by atoms with Gasteiger partial charge in [0.2, 0.25) is 0 Å². The molecule has 0 saturated carbocycles. The van der Waals surface area contributed by atoms with Crippen LogP contribution >= 0.6 is 0 Å². The molecule has 0 fully saturated rings. The fourth-order valence-electron chi connectivity index (χ4n) is 3.14. The van der Waals surface area contributed by atoms with Gasteiger partial charge in [0.25, 0.3) is 0 Å². The number of benzene rings is 1. The van der Waals surface area contributed by atoms with E-state index in [1.807, 2.05) is 30.3 Å². The number of unbranched alkanes of at least 4 members (excludes halogenated alkanes) is 9. The van der Waals surface area contributed by atoms with Crippen molar-refractivity contribution < 1.29 is 9.94 Å². The molecule has 148 valence electrons. The summed E-state index contributed by atoms with van der Waals surface area (Å²) in [4.78, 5) is 5.78. The quantitative estimate of drug-likeness (QED) is 0.185. The van der Waals surface area contributed by atoms with Crippen molar-refractivity contribution >= 4 is 5.69 Å². The average Bonchev–Trinajstić information content (AvgIpc) is 2.66. The molecule has 2 atom stereocenters. The molecule has 1 aromatic carbocycles. The summed E-state index contributed by atoms with van der Waals surface area (Å²) in [7, 11) is 0. The maximum atomic E-state index is 10.3. The van der Waals surface area contributed by atoms with Crippen LogP contribution in [0.2, 0.25) is 0 Å².